The van der Waals surface area contributed by atoms with Gasteiger partial charge in [-0.3, -0.25) is 9.36 Å². The van der Waals surface area contributed by atoms with Crippen LogP contribution in [0.4, 0.5) is 0 Å². The molecule has 0 radical (unpaired) electrons. The SMILES string of the molecule is COc1ccc(Cn2ccc(=O)n([C@@H]3O[C@@H]4CO[Si](C(C)C)(C(C)C)O[Si](C(C)C)(C(C)C)OC4[C@@H]3O)c2=O)cc1. The van der Waals surface area contributed by atoms with Crippen molar-refractivity contribution in [1.29, 1.82) is 0 Å². The van der Waals surface area contributed by atoms with Crippen LogP contribution in [0.1, 0.15) is 67.2 Å². The topological polar surface area (TPSA) is 110 Å². The molecule has 0 aliphatic carbocycles. The Morgan fingerprint density at radius 3 is 2.05 bits per heavy atom. The van der Waals surface area contributed by atoms with Crippen LogP contribution in [0.25, 0.3) is 0 Å². The average molecular weight is 607 g/mol. The van der Waals surface area contributed by atoms with Crippen LogP contribution in [0, 0.1) is 0 Å². The number of hydrogen-bond donors (Lipinski definition) is 1. The van der Waals surface area contributed by atoms with E-state index in [0.717, 1.165) is 10.1 Å². The maximum atomic E-state index is 13.6. The van der Waals surface area contributed by atoms with E-state index < -0.39 is 52.9 Å². The molecule has 2 aliphatic heterocycles. The second kappa shape index (κ2) is 12.3. The molecule has 12 heteroatoms. The molecule has 41 heavy (non-hydrogen) atoms. The Morgan fingerprint density at radius 2 is 1.51 bits per heavy atom. The molecule has 3 heterocycles. The first kappa shape index (κ1) is 31.9. The van der Waals surface area contributed by atoms with Gasteiger partial charge in [0.15, 0.2) is 6.23 Å². The quantitative estimate of drug-likeness (QED) is 0.444. The fourth-order valence-corrected chi connectivity index (χ4v) is 17.4. The second-order valence-corrected chi connectivity index (χ2v) is 21.2. The Bertz CT molecular complexity index is 1290. The van der Waals surface area contributed by atoms with E-state index in [2.05, 4.69) is 55.4 Å². The van der Waals surface area contributed by atoms with Crippen LogP contribution >= 0.6 is 0 Å². The summed E-state index contributed by atoms with van der Waals surface area (Å²) < 4.78 is 34.8. The zero-order valence-electron chi connectivity index (χ0n) is 25.7. The van der Waals surface area contributed by atoms with Crippen LogP contribution in [-0.2, 0) is 24.2 Å². The molecule has 0 spiro atoms. The fourth-order valence-electron chi connectivity index (χ4n) is 6.16. The van der Waals surface area contributed by atoms with E-state index in [4.69, 9.17) is 22.4 Å². The van der Waals surface area contributed by atoms with E-state index in [-0.39, 0.29) is 35.3 Å². The highest BCUT2D eigenvalue weighted by atomic mass is 28.5. The molecule has 228 valence electrons. The third kappa shape index (κ3) is 5.80. The number of ether oxygens (including phenoxy) is 2. The normalized spacial score (nSPS) is 25.9. The van der Waals surface area contributed by atoms with Gasteiger partial charge in [0.1, 0.15) is 24.1 Å². The van der Waals surface area contributed by atoms with E-state index >= 15 is 0 Å². The lowest BCUT2D eigenvalue weighted by molar-refractivity contribution is -0.0616. The highest BCUT2D eigenvalue weighted by molar-refractivity contribution is 6.84. The van der Waals surface area contributed by atoms with E-state index in [9.17, 15) is 14.7 Å². The highest BCUT2D eigenvalue weighted by Crippen LogP contribution is 2.48. The number of benzene rings is 1. The maximum absolute atomic E-state index is 13.6. The van der Waals surface area contributed by atoms with Crippen molar-refractivity contribution in [3.63, 3.8) is 0 Å². The molecule has 2 aliphatic rings. The Labute approximate surface area is 244 Å². The molecule has 10 nitrogen and oxygen atoms in total. The molecular formula is C29H46N2O8Si2. The molecule has 0 bridgehead atoms. The lowest BCUT2D eigenvalue weighted by atomic mass is 10.1. The first-order valence-corrected chi connectivity index (χ1v) is 18.5. The Hall–Kier alpha value is -2.07. The minimum absolute atomic E-state index is 0.0571. The Balaban J connectivity index is 1.73. The third-order valence-corrected chi connectivity index (χ3v) is 18.7. The summed E-state index contributed by atoms with van der Waals surface area (Å²) in [5, 5.41) is 11.6. The smallest absolute Gasteiger partial charge is 0.335 e. The van der Waals surface area contributed by atoms with Crippen LogP contribution in [-0.4, -0.2) is 63.4 Å². The molecule has 1 unspecified atom stereocenters. The predicted molar refractivity (Wildman–Crippen MR) is 161 cm³/mol. The van der Waals surface area contributed by atoms with E-state index in [1.807, 2.05) is 24.3 Å². The van der Waals surface area contributed by atoms with Gasteiger partial charge in [-0.25, -0.2) is 9.36 Å². The molecule has 0 amide bonds. The number of hydrogen-bond acceptors (Lipinski definition) is 8. The van der Waals surface area contributed by atoms with Gasteiger partial charge in [-0.05, 0) is 39.9 Å². The summed E-state index contributed by atoms with van der Waals surface area (Å²) in [5.74, 6) is 0.707. The van der Waals surface area contributed by atoms with Crippen molar-refractivity contribution in [2.45, 2.75) is 109 Å². The predicted octanol–water partition coefficient (Wildman–Crippen LogP) is 4.28. The number of aromatic nitrogens is 2. The largest absolute Gasteiger partial charge is 0.497 e. The molecule has 2 saturated heterocycles. The maximum Gasteiger partial charge on any atom is 0.335 e. The summed E-state index contributed by atoms with van der Waals surface area (Å²) >= 11 is 0. The Kier molecular flexibility index (Phi) is 9.54. The number of methoxy groups -OCH3 is 1. The molecule has 1 aromatic heterocycles. The number of aliphatic hydroxyl groups is 1. The van der Waals surface area contributed by atoms with Gasteiger partial charge in [0.05, 0.1) is 20.3 Å². The molecule has 2 aromatic rings. The van der Waals surface area contributed by atoms with Crippen LogP contribution in [0.2, 0.25) is 22.2 Å². The van der Waals surface area contributed by atoms with Crippen molar-refractivity contribution in [2.24, 2.45) is 0 Å². The summed E-state index contributed by atoms with van der Waals surface area (Å²) in [5.41, 5.74) is 0.138. The van der Waals surface area contributed by atoms with E-state index in [1.54, 1.807) is 7.11 Å². The van der Waals surface area contributed by atoms with Gasteiger partial charge < -0.3 is 27.5 Å². The summed E-state index contributed by atoms with van der Waals surface area (Å²) in [6, 6.07) is 8.66. The van der Waals surface area contributed by atoms with Crippen molar-refractivity contribution >= 4 is 17.1 Å². The van der Waals surface area contributed by atoms with Crippen LogP contribution in [0.15, 0.2) is 46.1 Å². The number of aliphatic hydroxyl groups excluding tert-OH is 1. The molecule has 1 N–H and O–H groups in total. The summed E-state index contributed by atoms with van der Waals surface area (Å²) in [7, 11) is -4.24. The van der Waals surface area contributed by atoms with Gasteiger partial charge in [0, 0.05) is 12.3 Å². The number of rotatable bonds is 8. The minimum Gasteiger partial charge on any atom is -0.497 e. The van der Waals surface area contributed by atoms with Crippen molar-refractivity contribution in [3.8, 4) is 5.75 Å². The second-order valence-electron chi connectivity index (χ2n) is 12.4. The molecule has 4 atom stereocenters. The molecular weight excluding hydrogens is 560 g/mol. The first-order valence-electron chi connectivity index (χ1n) is 14.6. The molecule has 2 fully saturated rings. The first-order chi connectivity index (χ1) is 19.3. The minimum atomic E-state index is -3.02. The van der Waals surface area contributed by atoms with Crippen LogP contribution < -0.4 is 16.0 Å². The van der Waals surface area contributed by atoms with Crippen LogP contribution in [0.5, 0.6) is 5.75 Å². The highest BCUT2D eigenvalue weighted by Gasteiger charge is 2.61. The zero-order chi connectivity index (χ0) is 30.3. The fraction of sp³-hybridized carbons (Fsp3) is 0.655. The average Bonchev–Trinajstić information content (AvgIpc) is 3.19. The standard InChI is InChI=1S/C29H46N2O8Si2/c1-18(2)40(19(3)4)36-17-24-27(38-41(39-40,20(5)6)21(7)8)26(33)28(37-24)31-25(32)14-15-30(29(31)34)16-22-10-12-23(35-9)13-11-22/h10-15,18-21,24,26-28,33H,16-17H2,1-9H3/t24-,26+,27?,28-/m1/s1. The number of fused-ring (bicyclic) bond motifs is 1. The molecule has 1 aromatic carbocycles. The van der Waals surface area contributed by atoms with Crippen LogP contribution in [0.3, 0.4) is 0 Å². The van der Waals surface area contributed by atoms with Crippen molar-refractivity contribution < 1.29 is 27.5 Å². The van der Waals surface area contributed by atoms with E-state index in [1.165, 1.54) is 16.8 Å². The number of nitrogens with zero attached hydrogens (tertiary/aromatic N) is 2. The summed E-state index contributed by atoms with van der Waals surface area (Å²) in [4.78, 5) is 26.7. The molecule has 4 rings (SSSR count). The summed E-state index contributed by atoms with van der Waals surface area (Å²) in [6.45, 7) is 17.3. The van der Waals surface area contributed by atoms with Gasteiger partial charge in [0.25, 0.3) is 5.56 Å². The monoisotopic (exact) mass is 606 g/mol. The van der Waals surface area contributed by atoms with Crippen molar-refractivity contribution in [2.75, 3.05) is 13.7 Å². The third-order valence-electron chi connectivity index (χ3n) is 8.49. The van der Waals surface area contributed by atoms with Gasteiger partial charge in [-0.1, -0.05) is 67.5 Å². The lowest BCUT2D eigenvalue weighted by Gasteiger charge is -2.51. The lowest BCUT2D eigenvalue weighted by Crippen LogP contribution is -2.65. The Morgan fingerprint density at radius 1 is 0.927 bits per heavy atom. The zero-order valence-corrected chi connectivity index (χ0v) is 27.7. The van der Waals surface area contributed by atoms with Gasteiger partial charge in [-0.15, -0.1) is 0 Å². The van der Waals surface area contributed by atoms with Crippen molar-refractivity contribution in [3.05, 3.63) is 62.9 Å². The summed E-state index contributed by atoms with van der Waals surface area (Å²) in [6.07, 6.45) is -2.52. The van der Waals surface area contributed by atoms with Gasteiger partial charge in [0.2, 0.25) is 0 Å². The van der Waals surface area contributed by atoms with Gasteiger partial charge >= 0.3 is 22.8 Å². The molecule has 0 saturated carbocycles. The van der Waals surface area contributed by atoms with E-state index in [0.29, 0.717) is 5.75 Å². The van der Waals surface area contributed by atoms with Gasteiger partial charge in [-0.2, -0.15) is 0 Å². The van der Waals surface area contributed by atoms with Crippen molar-refractivity contribution in [1.82, 2.24) is 9.13 Å².